The average Bonchev–Trinajstić information content (AvgIpc) is 2.38. The Labute approximate surface area is 120 Å². The predicted octanol–water partition coefficient (Wildman–Crippen LogP) is 3.22. The highest BCUT2D eigenvalue weighted by Gasteiger charge is 2.31. The summed E-state index contributed by atoms with van der Waals surface area (Å²) in [5.74, 6) is 0.233. The van der Waals surface area contributed by atoms with E-state index < -0.39 is 11.7 Å². The summed E-state index contributed by atoms with van der Waals surface area (Å²) in [5, 5.41) is 2.81. The average molecular weight is 313 g/mol. The summed E-state index contributed by atoms with van der Waals surface area (Å²) in [4.78, 5) is 3.67. The lowest BCUT2D eigenvalue weighted by atomic mass is 10.3. The molecule has 0 spiro atoms. The van der Waals surface area contributed by atoms with Crippen molar-refractivity contribution in [2.24, 2.45) is 0 Å². The maximum absolute atomic E-state index is 12.4. The van der Waals surface area contributed by atoms with E-state index in [4.69, 9.17) is 21.1 Å². The second kappa shape index (κ2) is 8.28. The molecular weight excluding hydrogens is 297 g/mol. The molecule has 0 aromatic carbocycles. The first-order valence-corrected chi connectivity index (χ1v) is 6.36. The summed E-state index contributed by atoms with van der Waals surface area (Å²) in [6, 6.07) is 0.853. The molecule has 4 nitrogen and oxygen atoms in total. The van der Waals surface area contributed by atoms with E-state index in [1.54, 1.807) is 7.11 Å². The minimum Gasteiger partial charge on any atom is -0.382 e. The number of halogens is 4. The Morgan fingerprint density at radius 3 is 2.65 bits per heavy atom. The summed E-state index contributed by atoms with van der Waals surface area (Å²) in [5.41, 5.74) is -0.865. The number of anilines is 1. The van der Waals surface area contributed by atoms with Crippen LogP contribution < -0.4 is 5.32 Å². The van der Waals surface area contributed by atoms with Gasteiger partial charge in [0.15, 0.2) is 0 Å². The maximum Gasteiger partial charge on any atom is 0.417 e. The van der Waals surface area contributed by atoms with Gasteiger partial charge in [-0.1, -0.05) is 11.6 Å². The van der Waals surface area contributed by atoms with Gasteiger partial charge < -0.3 is 14.8 Å². The topological polar surface area (TPSA) is 43.4 Å². The number of nitrogens with zero attached hydrogens (tertiary/aromatic N) is 1. The van der Waals surface area contributed by atoms with Gasteiger partial charge in [0.05, 0.1) is 23.8 Å². The minimum absolute atomic E-state index is 0.0554. The number of alkyl halides is 3. The van der Waals surface area contributed by atoms with Crippen molar-refractivity contribution in [1.82, 2.24) is 4.98 Å². The van der Waals surface area contributed by atoms with Crippen molar-refractivity contribution in [2.75, 3.05) is 38.8 Å². The molecule has 0 amide bonds. The highest BCUT2D eigenvalue weighted by Crippen LogP contribution is 2.32. The van der Waals surface area contributed by atoms with E-state index in [0.717, 1.165) is 12.3 Å². The molecule has 1 rings (SSSR count). The maximum atomic E-state index is 12.4. The minimum atomic E-state index is -4.44. The van der Waals surface area contributed by atoms with Crippen molar-refractivity contribution in [2.45, 2.75) is 12.6 Å². The van der Waals surface area contributed by atoms with E-state index in [0.29, 0.717) is 32.8 Å². The molecule has 1 N–H and O–H groups in total. The molecule has 0 unspecified atom stereocenters. The molecule has 1 aromatic heterocycles. The molecule has 0 radical (unpaired) electrons. The van der Waals surface area contributed by atoms with Crippen molar-refractivity contribution in [3.05, 3.63) is 22.8 Å². The SMILES string of the molecule is COCCOCCCNc1ncc(C(F)(F)F)cc1Cl. The van der Waals surface area contributed by atoms with Gasteiger partial charge in [-0.2, -0.15) is 13.2 Å². The third kappa shape index (κ3) is 5.94. The van der Waals surface area contributed by atoms with Gasteiger partial charge in [0, 0.05) is 26.5 Å². The Kier molecular flexibility index (Phi) is 7.04. The van der Waals surface area contributed by atoms with Crippen LogP contribution in [0.1, 0.15) is 12.0 Å². The Bertz CT molecular complexity index is 416. The second-order valence-corrected chi connectivity index (χ2v) is 4.34. The summed E-state index contributed by atoms with van der Waals surface area (Å²) in [6.45, 7) is 2.06. The lowest BCUT2D eigenvalue weighted by Gasteiger charge is -2.10. The van der Waals surface area contributed by atoms with Crippen LogP contribution in [0.2, 0.25) is 5.02 Å². The molecule has 20 heavy (non-hydrogen) atoms. The number of hydrogen-bond donors (Lipinski definition) is 1. The van der Waals surface area contributed by atoms with Crippen LogP contribution in [0, 0.1) is 0 Å². The Morgan fingerprint density at radius 2 is 2.05 bits per heavy atom. The number of ether oxygens (including phenoxy) is 2. The smallest absolute Gasteiger partial charge is 0.382 e. The van der Waals surface area contributed by atoms with Crippen LogP contribution in [-0.2, 0) is 15.7 Å². The fourth-order valence-electron chi connectivity index (χ4n) is 1.35. The first-order valence-electron chi connectivity index (χ1n) is 5.98. The number of aromatic nitrogens is 1. The van der Waals surface area contributed by atoms with Crippen LogP contribution in [0.25, 0.3) is 0 Å². The van der Waals surface area contributed by atoms with Gasteiger partial charge in [-0.15, -0.1) is 0 Å². The molecule has 1 aromatic rings. The highest BCUT2D eigenvalue weighted by atomic mass is 35.5. The van der Waals surface area contributed by atoms with Crippen molar-refractivity contribution in [1.29, 1.82) is 0 Å². The Balaban J connectivity index is 2.34. The molecule has 8 heteroatoms. The van der Waals surface area contributed by atoms with Crippen molar-refractivity contribution < 1.29 is 22.6 Å². The number of hydrogen-bond acceptors (Lipinski definition) is 4. The van der Waals surface area contributed by atoms with Gasteiger partial charge in [-0.05, 0) is 12.5 Å². The molecule has 114 valence electrons. The molecule has 0 saturated heterocycles. The normalized spacial score (nSPS) is 11.7. The quantitative estimate of drug-likeness (QED) is 0.749. The molecule has 0 aliphatic heterocycles. The van der Waals surface area contributed by atoms with E-state index in [-0.39, 0.29) is 10.8 Å². The third-order valence-corrected chi connectivity index (χ3v) is 2.65. The summed E-state index contributed by atoms with van der Waals surface area (Å²) in [7, 11) is 1.59. The van der Waals surface area contributed by atoms with Gasteiger partial charge in [0.25, 0.3) is 0 Å². The van der Waals surface area contributed by atoms with Crippen LogP contribution in [-0.4, -0.2) is 38.5 Å². The largest absolute Gasteiger partial charge is 0.417 e. The van der Waals surface area contributed by atoms with Gasteiger partial charge in [0.1, 0.15) is 5.82 Å². The monoisotopic (exact) mass is 312 g/mol. The highest BCUT2D eigenvalue weighted by molar-refractivity contribution is 6.32. The zero-order valence-electron chi connectivity index (χ0n) is 11.0. The molecule has 0 bridgehead atoms. The van der Waals surface area contributed by atoms with E-state index >= 15 is 0 Å². The van der Waals surface area contributed by atoms with Crippen molar-refractivity contribution in [3.63, 3.8) is 0 Å². The van der Waals surface area contributed by atoms with Crippen LogP contribution in [0.3, 0.4) is 0 Å². The molecule has 0 aliphatic rings. The molecule has 0 fully saturated rings. The van der Waals surface area contributed by atoms with Gasteiger partial charge in [-0.3, -0.25) is 0 Å². The summed E-state index contributed by atoms with van der Waals surface area (Å²) in [6.07, 6.45) is -3.00. The van der Waals surface area contributed by atoms with E-state index in [1.807, 2.05) is 0 Å². The first kappa shape index (κ1) is 17.0. The molecule has 1 heterocycles. The van der Waals surface area contributed by atoms with Gasteiger partial charge in [-0.25, -0.2) is 4.98 Å². The fraction of sp³-hybridized carbons (Fsp3) is 0.583. The van der Waals surface area contributed by atoms with E-state index in [2.05, 4.69) is 10.3 Å². The van der Waals surface area contributed by atoms with Crippen LogP contribution in [0.5, 0.6) is 0 Å². The molecule has 0 atom stereocenters. The zero-order valence-corrected chi connectivity index (χ0v) is 11.7. The molecular formula is C12H16ClF3N2O2. The fourth-order valence-corrected chi connectivity index (χ4v) is 1.58. The lowest BCUT2D eigenvalue weighted by Crippen LogP contribution is -2.11. The Hall–Kier alpha value is -1.05. The number of rotatable bonds is 8. The Morgan fingerprint density at radius 1 is 1.30 bits per heavy atom. The molecule has 0 aliphatic carbocycles. The van der Waals surface area contributed by atoms with Crippen LogP contribution in [0.15, 0.2) is 12.3 Å². The van der Waals surface area contributed by atoms with Crippen molar-refractivity contribution >= 4 is 17.4 Å². The lowest BCUT2D eigenvalue weighted by molar-refractivity contribution is -0.137. The molecule has 0 saturated carbocycles. The number of nitrogens with one attached hydrogen (secondary N) is 1. The predicted molar refractivity (Wildman–Crippen MR) is 70.1 cm³/mol. The van der Waals surface area contributed by atoms with Crippen LogP contribution in [0.4, 0.5) is 19.0 Å². The number of pyridine rings is 1. The summed E-state index contributed by atoms with van der Waals surface area (Å²) < 4.78 is 47.3. The van der Waals surface area contributed by atoms with Crippen LogP contribution >= 0.6 is 11.6 Å². The van der Waals surface area contributed by atoms with E-state index in [9.17, 15) is 13.2 Å². The van der Waals surface area contributed by atoms with Gasteiger partial charge >= 0.3 is 6.18 Å². The summed E-state index contributed by atoms with van der Waals surface area (Å²) >= 11 is 5.74. The standard InChI is InChI=1S/C12H16ClF3N2O2/c1-19-5-6-20-4-2-3-17-11-10(13)7-9(8-18-11)12(14,15)16/h7-8H,2-6H2,1H3,(H,17,18). The van der Waals surface area contributed by atoms with Crippen molar-refractivity contribution in [3.8, 4) is 0 Å². The zero-order chi connectivity index (χ0) is 15.0. The first-order chi connectivity index (χ1) is 9.45. The third-order valence-electron chi connectivity index (χ3n) is 2.36. The van der Waals surface area contributed by atoms with Gasteiger partial charge in [0.2, 0.25) is 0 Å². The van der Waals surface area contributed by atoms with E-state index in [1.165, 1.54) is 0 Å². The second-order valence-electron chi connectivity index (χ2n) is 3.94. The number of methoxy groups -OCH3 is 1.